The van der Waals surface area contributed by atoms with E-state index >= 15 is 0 Å². The largest absolute Gasteiger partial charge is 0.494 e. The van der Waals surface area contributed by atoms with Crippen molar-refractivity contribution < 1.29 is 23.8 Å². The second kappa shape index (κ2) is 8.55. The first-order valence-electron chi connectivity index (χ1n) is 8.94. The maximum atomic E-state index is 12.5. The zero-order valence-electron chi connectivity index (χ0n) is 15.1. The number of carbonyl (C=O) groups excluding carboxylic acids is 2. The molecule has 1 aromatic rings. The Morgan fingerprint density at radius 2 is 2.19 bits per heavy atom. The number of hydrogen-bond acceptors (Lipinski definition) is 7. The van der Waals surface area contributed by atoms with Gasteiger partial charge in [-0.3, -0.25) is 9.69 Å². The Kier molecular flexibility index (Phi) is 6.16. The normalized spacial score (nSPS) is 16.8. The summed E-state index contributed by atoms with van der Waals surface area (Å²) in [6, 6.07) is 0. The lowest BCUT2D eigenvalue weighted by Crippen LogP contribution is -2.31. The number of esters is 1. The summed E-state index contributed by atoms with van der Waals surface area (Å²) >= 11 is 1.44. The predicted molar refractivity (Wildman–Crippen MR) is 98.2 cm³/mol. The van der Waals surface area contributed by atoms with Crippen molar-refractivity contribution in [3.63, 3.8) is 0 Å². The molecular weight excluding hydrogens is 356 g/mol. The Labute approximate surface area is 156 Å². The molecule has 1 N–H and O–H groups in total. The lowest BCUT2D eigenvalue weighted by molar-refractivity contribution is -0.117. The highest BCUT2D eigenvalue weighted by molar-refractivity contribution is 7.17. The molecule has 2 aliphatic heterocycles. The van der Waals surface area contributed by atoms with Gasteiger partial charge in [-0.2, -0.15) is 0 Å². The van der Waals surface area contributed by atoms with Gasteiger partial charge in [0, 0.05) is 18.0 Å². The van der Waals surface area contributed by atoms with Gasteiger partial charge in [0.15, 0.2) is 0 Å². The van der Waals surface area contributed by atoms with Gasteiger partial charge in [-0.05, 0) is 31.9 Å². The number of carbonyl (C=O) groups is 2. The van der Waals surface area contributed by atoms with Crippen molar-refractivity contribution in [3.05, 3.63) is 28.0 Å². The third-order valence-corrected chi connectivity index (χ3v) is 5.39. The molecule has 0 spiro atoms. The van der Waals surface area contributed by atoms with Gasteiger partial charge in [-0.25, -0.2) is 4.79 Å². The highest BCUT2D eigenvalue weighted by Crippen LogP contribution is 2.38. The molecule has 0 aliphatic carbocycles. The Morgan fingerprint density at radius 3 is 2.88 bits per heavy atom. The molecule has 0 radical (unpaired) electrons. The molecule has 142 valence electrons. The number of anilines is 1. The molecule has 2 aliphatic rings. The molecule has 0 atom stereocenters. The highest BCUT2D eigenvalue weighted by atomic mass is 32.1. The zero-order chi connectivity index (χ0) is 18.5. The van der Waals surface area contributed by atoms with Crippen molar-refractivity contribution in [2.45, 2.75) is 33.2 Å². The Hall–Kier alpha value is -2.06. The van der Waals surface area contributed by atoms with Crippen LogP contribution in [0.1, 0.15) is 41.1 Å². The van der Waals surface area contributed by atoms with E-state index in [0.29, 0.717) is 30.4 Å². The van der Waals surface area contributed by atoms with E-state index in [0.717, 1.165) is 42.9 Å². The standard InChI is InChI=1S/C18H24N2O5S/c1-3-6-20-7-5-12-14(10-20)26-17(15(12)18(22)24-4-2)19-16(21)13-11-23-8-9-25-13/h11H,3-10H2,1-2H3,(H,19,21). The van der Waals surface area contributed by atoms with Crippen molar-refractivity contribution in [2.24, 2.45) is 0 Å². The van der Waals surface area contributed by atoms with Crippen LogP contribution in [0.5, 0.6) is 0 Å². The van der Waals surface area contributed by atoms with Crippen LogP contribution < -0.4 is 5.32 Å². The summed E-state index contributed by atoms with van der Waals surface area (Å²) in [5, 5.41) is 3.33. The smallest absolute Gasteiger partial charge is 0.341 e. The molecule has 7 nitrogen and oxygen atoms in total. The summed E-state index contributed by atoms with van der Waals surface area (Å²) in [6.45, 7) is 7.68. The van der Waals surface area contributed by atoms with E-state index in [1.165, 1.54) is 17.6 Å². The fraction of sp³-hybridized carbons (Fsp3) is 0.556. The minimum Gasteiger partial charge on any atom is -0.494 e. The maximum Gasteiger partial charge on any atom is 0.341 e. The summed E-state index contributed by atoms with van der Waals surface area (Å²) in [5.41, 5.74) is 1.47. The Morgan fingerprint density at radius 1 is 1.35 bits per heavy atom. The quantitative estimate of drug-likeness (QED) is 0.764. The highest BCUT2D eigenvalue weighted by Gasteiger charge is 2.30. The molecule has 0 bridgehead atoms. The van der Waals surface area contributed by atoms with E-state index in [2.05, 4.69) is 17.1 Å². The van der Waals surface area contributed by atoms with Gasteiger partial charge in [0.1, 0.15) is 24.5 Å². The first-order chi connectivity index (χ1) is 12.6. The van der Waals surface area contributed by atoms with Gasteiger partial charge in [0.2, 0.25) is 5.76 Å². The average molecular weight is 380 g/mol. The van der Waals surface area contributed by atoms with Crippen LogP contribution in [0.25, 0.3) is 0 Å². The van der Waals surface area contributed by atoms with E-state index in [9.17, 15) is 9.59 Å². The monoisotopic (exact) mass is 380 g/mol. The SMILES string of the molecule is CCCN1CCc2c(sc(NC(=O)C3=COCCO3)c2C(=O)OCC)C1. The molecule has 3 heterocycles. The lowest BCUT2D eigenvalue weighted by atomic mass is 10.0. The third kappa shape index (κ3) is 4.02. The third-order valence-electron chi connectivity index (χ3n) is 4.26. The van der Waals surface area contributed by atoms with Gasteiger partial charge in [-0.1, -0.05) is 6.92 Å². The summed E-state index contributed by atoms with van der Waals surface area (Å²) in [4.78, 5) is 28.4. The van der Waals surface area contributed by atoms with Crippen LogP contribution in [0, 0.1) is 0 Å². The molecular formula is C18H24N2O5S. The van der Waals surface area contributed by atoms with Crippen LogP contribution in [0.4, 0.5) is 5.00 Å². The van der Waals surface area contributed by atoms with Gasteiger partial charge in [0.25, 0.3) is 5.91 Å². The molecule has 3 rings (SSSR count). The summed E-state index contributed by atoms with van der Waals surface area (Å²) < 4.78 is 15.7. The zero-order valence-corrected chi connectivity index (χ0v) is 15.9. The number of ether oxygens (including phenoxy) is 3. The number of rotatable bonds is 6. The van der Waals surface area contributed by atoms with E-state index in [1.807, 2.05) is 0 Å². The molecule has 0 saturated heterocycles. The van der Waals surface area contributed by atoms with E-state index in [-0.39, 0.29) is 11.7 Å². The summed E-state index contributed by atoms with van der Waals surface area (Å²) in [5.74, 6) is -0.691. The molecule has 26 heavy (non-hydrogen) atoms. The lowest BCUT2D eigenvalue weighted by Gasteiger charge is -2.26. The number of nitrogens with one attached hydrogen (secondary N) is 1. The van der Waals surface area contributed by atoms with Gasteiger partial charge < -0.3 is 19.5 Å². The number of hydrogen-bond donors (Lipinski definition) is 1. The second-order valence-corrected chi connectivity index (χ2v) is 7.22. The maximum absolute atomic E-state index is 12.5. The van der Waals surface area contributed by atoms with Gasteiger partial charge in [-0.15, -0.1) is 11.3 Å². The summed E-state index contributed by atoms with van der Waals surface area (Å²) in [7, 11) is 0. The molecule has 0 fully saturated rings. The van der Waals surface area contributed by atoms with Crippen LogP contribution in [0.2, 0.25) is 0 Å². The number of nitrogens with zero attached hydrogens (tertiary/aromatic N) is 1. The fourth-order valence-electron chi connectivity index (χ4n) is 3.12. The van der Waals surface area contributed by atoms with Gasteiger partial charge >= 0.3 is 5.97 Å². The van der Waals surface area contributed by atoms with Crippen LogP contribution in [-0.2, 0) is 32.0 Å². The van der Waals surface area contributed by atoms with Crippen molar-refractivity contribution in [2.75, 3.05) is 38.2 Å². The Balaban J connectivity index is 1.87. The molecule has 1 amide bonds. The number of amides is 1. The van der Waals surface area contributed by atoms with E-state index in [1.54, 1.807) is 6.92 Å². The van der Waals surface area contributed by atoms with Crippen molar-refractivity contribution >= 4 is 28.2 Å². The fourth-order valence-corrected chi connectivity index (χ4v) is 4.40. The first kappa shape index (κ1) is 18.7. The molecule has 0 saturated carbocycles. The topological polar surface area (TPSA) is 77.1 Å². The number of thiophene rings is 1. The van der Waals surface area contributed by atoms with Crippen LogP contribution in [0.3, 0.4) is 0 Å². The summed E-state index contributed by atoms with van der Waals surface area (Å²) in [6.07, 6.45) is 3.16. The number of fused-ring (bicyclic) bond motifs is 1. The van der Waals surface area contributed by atoms with E-state index < -0.39 is 5.91 Å². The van der Waals surface area contributed by atoms with Crippen LogP contribution in [0.15, 0.2) is 12.0 Å². The van der Waals surface area contributed by atoms with Crippen LogP contribution >= 0.6 is 11.3 Å². The minimum absolute atomic E-state index is 0.116. The second-order valence-electron chi connectivity index (χ2n) is 6.11. The van der Waals surface area contributed by atoms with Crippen LogP contribution in [-0.4, -0.2) is 49.7 Å². The predicted octanol–water partition coefficient (Wildman–Crippen LogP) is 2.52. The van der Waals surface area contributed by atoms with Crippen molar-refractivity contribution in [1.29, 1.82) is 0 Å². The van der Waals surface area contributed by atoms with Crippen molar-refractivity contribution in [3.8, 4) is 0 Å². The minimum atomic E-state index is -0.417. The average Bonchev–Trinajstić information content (AvgIpc) is 3.00. The molecule has 8 heteroatoms. The molecule has 1 aromatic heterocycles. The van der Waals surface area contributed by atoms with Crippen molar-refractivity contribution in [1.82, 2.24) is 4.90 Å². The molecule has 0 unspecified atom stereocenters. The van der Waals surface area contributed by atoms with E-state index in [4.69, 9.17) is 14.2 Å². The molecule has 0 aromatic carbocycles. The van der Waals surface area contributed by atoms with Gasteiger partial charge in [0.05, 0.1) is 12.2 Å². The first-order valence-corrected chi connectivity index (χ1v) is 9.75. The Bertz CT molecular complexity index is 713.